The van der Waals surface area contributed by atoms with E-state index in [1.807, 2.05) is 22.8 Å². The number of carbonyl (C=O) groups excluding carboxylic acids is 1. The van der Waals surface area contributed by atoms with Gasteiger partial charge in [0.15, 0.2) is 5.82 Å². The molecule has 0 bridgehead atoms. The topological polar surface area (TPSA) is 59.8 Å². The predicted octanol–water partition coefficient (Wildman–Crippen LogP) is 2.18. The third-order valence-electron chi connectivity index (χ3n) is 4.43. The second-order valence-electron chi connectivity index (χ2n) is 6.64. The highest BCUT2D eigenvalue weighted by atomic mass is 16.2. The molecular weight excluding hydrogens is 276 g/mol. The summed E-state index contributed by atoms with van der Waals surface area (Å²) in [5.41, 5.74) is 1.44. The summed E-state index contributed by atoms with van der Waals surface area (Å²) in [7, 11) is 0. The first kappa shape index (κ1) is 14.8. The predicted molar refractivity (Wildman–Crippen MR) is 83.9 cm³/mol. The van der Waals surface area contributed by atoms with Crippen molar-refractivity contribution in [1.29, 1.82) is 0 Å². The van der Waals surface area contributed by atoms with E-state index in [-0.39, 0.29) is 17.2 Å². The van der Waals surface area contributed by atoms with E-state index >= 15 is 0 Å². The molecule has 1 unspecified atom stereocenters. The maximum atomic E-state index is 12.0. The van der Waals surface area contributed by atoms with Gasteiger partial charge in [-0.05, 0) is 23.8 Å². The van der Waals surface area contributed by atoms with Crippen LogP contribution in [-0.4, -0.2) is 20.7 Å². The Morgan fingerprint density at radius 3 is 2.77 bits per heavy atom. The van der Waals surface area contributed by atoms with Crippen molar-refractivity contribution in [2.24, 2.45) is 11.3 Å². The standard InChI is InChI=1S/C17H22N4O/c1-17(2)10-14(17)16(22)18-11-15-20-19-12-21(15)9-8-13-6-4-3-5-7-13/h3-7,12,14H,8-11H2,1-2H3,(H,18,22). The molecule has 116 valence electrons. The minimum Gasteiger partial charge on any atom is -0.349 e. The van der Waals surface area contributed by atoms with Crippen LogP contribution in [0.3, 0.4) is 0 Å². The third-order valence-corrected chi connectivity index (χ3v) is 4.43. The van der Waals surface area contributed by atoms with Crippen LogP contribution in [0.1, 0.15) is 31.7 Å². The van der Waals surface area contributed by atoms with Crippen molar-refractivity contribution in [3.8, 4) is 0 Å². The van der Waals surface area contributed by atoms with Gasteiger partial charge >= 0.3 is 0 Å². The number of hydrogen-bond donors (Lipinski definition) is 1. The van der Waals surface area contributed by atoms with Gasteiger partial charge < -0.3 is 9.88 Å². The maximum Gasteiger partial charge on any atom is 0.224 e. The van der Waals surface area contributed by atoms with Crippen LogP contribution in [0.5, 0.6) is 0 Å². The Balaban J connectivity index is 1.53. The largest absolute Gasteiger partial charge is 0.349 e. The van der Waals surface area contributed by atoms with Crippen molar-refractivity contribution in [3.63, 3.8) is 0 Å². The van der Waals surface area contributed by atoms with Gasteiger partial charge in [-0.3, -0.25) is 4.79 Å². The van der Waals surface area contributed by atoms with Gasteiger partial charge in [0.1, 0.15) is 6.33 Å². The van der Waals surface area contributed by atoms with Gasteiger partial charge in [-0.1, -0.05) is 44.2 Å². The maximum absolute atomic E-state index is 12.0. The van der Waals surface area contributed by atoms with E-state index in [4.69, 9.17) is 0 Å². The number of rotatable bonds is 6. The van der Waals surface area contributed by atoms with E-state index in [0.717, 1.165) is 25.2 Å². The van der Waals surface area contributed by atoms with Crippen molar-refractivity contribution < 1.29 is 4.79 Å². The van der Waals surface area contributed by atoms with E-state index in [1.165, 1.54) is 5.56 Å². The van der Waals surface area contributed by atoms with Crippen LogP contribution in [0.15, 0.2) is 36.7 Å². The van der Waals surface area contributed by atoms with Crippen molar-refractivity contribution in [3.05, 3.63) is 48.0 Å². The number of aryl methyl sites for hydroxylation is 2. The zero-order valence-corrected chi connectivity index (χ0v) is 13.1. The highest BCUT2D eigenvalue weighted by Crippen LogP contribution is 2.51. The quantitative estimate of drug-likeness (QED) is 0.889. The third kappa shape index (κ3) is 3.35. The Labute approximate surface area is 130 Å². The first-order valence-corrected chi connectivity index (χ1v) is 7.74. The van der Waals surface area contributed by atoms with Gasteiger partial charge in [-0.25, -0.2) is 0 Å². The molecule has 1 aliphatic carbocycles. The van der Waals surface area contributed by atoms with Crippen LogP contribution in [0, 0.1) is 11.3 Å². The Morgan fingerprint density at radius 2 is 2.09 bits per heavy atom. The fourth-order valence-corrected chi connectivity index (χ4v) is 2.70. The Hall–Kier alpha value is -2.17. The smallest absolute Gasteiger partial charge is 0.224 e. The van der Waals surface area contributed by atoms with E-state index in [9.17, 15) is 4.79 Å². The second kappa shape index (κ2) is 5.91. The lowest BCUT2D eigenvalue weighted by Crippen LogP contribution is -2.27. The molecule has 1 aliphatic rings. The molecule has 1 aromatic heterocycles. The molecular formula is C17H22N4O. The van der Waals surface area contributed by atoms with E-state index < -0.39 is 0 Å². The molecule has 3 rings (SSSR count). The SMILES string of the molecule is CC1(C)CC1C(=O)NCc1nncn1CCc1ccccc1. The van der Waals surface area contributed by atoms with Crippen molar-refractivity contribution in [2.45, 2.75) is 39.8 Å². The van der Waals surface area contributed by atoms with Crippen molar-refractivity contribution in [2.75, 3.05) is 0 Å². The zero-order chi connectivity index (χ0) is 15.6. The number of hydrogen-bond acceptors (Lipinski definition) is 3. The molecule has 0 radical (unpaired) electrons. The first-order valence-electron chi connectivity index (χ1n) is 7.74. The molecule has 0 saturated heterocycles. The van der Waals surface area contributed by atoms with Crippen LogP contribution in [0.25, 0.3) is 0 Å². The molecule has 1 atom stereocenters. The number of benzene rings is 1. The fraction of sp³-hybridized carbons (Fsp3) is 0.471. The monoisotopic (exact) mass is 298 g/mol. The highest BCUT2D eigenvalue weighted by Gasteiger charge is 2.50. The summed E-state index contributed by atoms with van der Waals surface area (Å²) in [6.45, 7) is 5.51. The number of nitrogens with zero attached hydrogens (tertiary/aromatic N) is 3. The number of carbonyl (C=O) groups is 1. The molecule has 5 nitrogen and oxygen atoms in total. The van der Waals surface area contributed by atoms with Crippen LogP contribution in [0.4, 0.5) is 0 Å². The fourth-order valence-electron chi connectivity index (χ4n) is 2.70. The van der Waals surface area contributed by atoms with Gasteiger partial charge in [0, 0.05) is 12.5 Å². The minimum absolute atomic E-state index is 0.127. The summed E-state index contributed by atoms with van der Waals surface area (Å²) in [5, 5.41) is 11.1. The Kier molecular flexibility index (Phi) is 3.96. The lowest BCUT2D eigenvalue weighted by Gasteiger charge is -2.09. The van der Waals surface area contributed by atoms with Gasteiger partial charge in [0.25, 0.3) is 0 Å². The molecule has 1 amide bonds. The van der Waals surface area contributed by atoms with Crippen LogP contribution in [-0.2, 0) is 24.3 Å². The number of nitrogens with one attached hydrogen (secondary N) is 1. The number of aromatic nitrogens is 3. The Morgan fingerprint density at radius 1 is 1.36 bits per heavy atom. The molecule has 2 aromatic rings. The van der Waals surface area contributed by atoms with Crippen LogP contribution >= 0.6 is 0 Å². The van der Waals surface area contributed by atoms with Gasteiger partial charge in [-0.15, -0.1) is 10.2 Å². The van der Waals surface area contributed by atoms with Crippen LogP contribution < -0.4 is 5.32 Å². The molecule has 22 heavy (non-hydrogen) atoms. The summed E-state index contributed by atoms with van der Waals surface area (Å²) >= 11 is 0. The highest BCUT2D eigenvalue weighted by molar-refractivity contribution is 5.82. The van der Waals surface area contributed by atoms with Gasteiger partial charge in [0.05, 0.1) is 6.54 Å². The molecule has 0 spiro atoms. The molecule has 1 saturated carbocycles. The zero-order valence-electron chi connectivity index (χ0n) is 13.1. The molecule has 1 aromatic carbocycles. The molecule has 0 aliphatic heterocycles. The van der Waals surface area contributed by atoms with Gasteiger partial charge in [0.2, 0.25) is 5.91 Å². The average molecular weight is 298 g/mol. The lowest BCUT2D eigenvalue weighted by atomic mass is 10.1. The average Bonchev–Trinajstić information content (AvgIpc) is 2.95. The minimum atomic E-state index is 0.127. The lowest BCUT2D eigenvalue weighted by molar-refractivity contribution is -0.123. The summed E-state index contributed by atoms with van der Waals surface area (Å²) in [6, 6.07) is 10.3. The normalized spacial score (nSPS) is 18.9. The summed E-state index contributed by atoms with van der Waals surface area (Å²) < 4.78 is 2.01. The van der Waals surface area contributed by atoms with Crippen molar-refractivity contribution in [1.82, 2.24) is 20.1 Å². The van der Waals surface area contributed by atoms with Crippen LogP contribution in [0.2, 0.25) is 0 Å². The van der Waals surface area contributed by atoms with Gasteiger partial charge in [-0.2, -0.15) is 0 Å². The molecule has 1 heterocycles. The van der Waals surface area contributed by atoms with Crippen molar-refractivity contribution >= 4 is 5.91 Å². The molecule has 1 fully saturated rings. The number of amides is 1. The van der Waals surface area contributed by atoms with E-state index in [0.29, 0.717) is 6.54 Å². The molecule has 1 N–H and O–H groups in total. The molecule has 5 heteroatoms. The first-order chi connectivity index (χ1) is 10.6. The van der Waals surface area contributed by atoms with E-state index in [2.05, 4.69) is 41.5 Å². The summed E-state index contributed by atoms with van der Waals surface area (Å²) in [5.74, 6) is 1.08. The summed E-state index contributed by atoms with van der Waals surface area (Å²) in [4.78, 5) is 12.0. The Bertz CT molecular complexity index is 648. The summed E-state index contributed by atoms with van der Waals surface area (Å²) in [6.07, 6.45) is 3.63. The van der Waals surface area contributed by atoms with E-state index in [1.54, 1.807) is 6.33 Å². The second-order valence-corrected chi connectivity index (χ2v) is 6.64.